The Balaban J connectivity index is 1.64. The molecule has 1 fully saturated rings. The summed E-state index contributed by atoms with van der Waals surface area (Å²) in [6, 6.07) is 10.2. The van der Waals surface area contributed by atoms with Crippen molar-refractivity contribution in [2.75, 3.05) is 7.11 Å². The Kier molecular flexibility index (Phi) is 4.10. The van der Waals surface area contributed by atoms with Gasteiger partial charge in [-0.3, -0.25) is 4.79 Å². The molecule has 1 saturated carbocycles. The van der Waals surface area contributed by atoms with E-state index in [1.165, 1.54) is 30.6 Å². The predicted octanol–water partition coefficient (Wildman–Crippen LogP) is 4.52. The van der Waals surface area contributed by atoms with E-state index in [4.69, 9.17) is 9.72 Å². The second kappa shape index (κ2) is 6.40. The third kappa shape index (κ3) is 2.96. The van der Waals surface area contributed by atoms with Gasteiger partial charge in [0.05, 0.1) is 17.5 Å². The van der Waals surface area contributed by atoms with Gasteiger partial charge >= 0.3 is 0 Å². The second-order valence-electron chi connectivity index (χ2n) is 6.36. The van der Waals surface area contributed by atoms with Crippen LogP contribution in [-0.2, 0) is 0 Å². The van der Waals surface area contributed by atoms with Gasteiger partial charge in [0.15, 0.2) is 0 Å². The van der Waals surface area contributed by atoms with Crippen molar-refractivity contribution in [2.45, 2.75) is 38.1 Å². The number of hydrogen-bond donors (Lipinski definition) is 1. The first-order valence-corrected chi connectivity index (χ1v) is 9.24. The molecular weight excluding hydrogens is 320 g/mol. The SMILES string of the molecule is COc1ccc2cc3cc(C(=O)NC4CCCCC4)sc3nc2c1. The molecule has 1 aromatic carbocycles. The van der Waals surface area contributed by atoms with Gasteiger partial charge in [-0.05, 0) is 37.1 Å². The molecule has 1 amide bonds. The molecule has 0 unspecified atom stereocenters. The van der Waals surface area contributed by atoms with Crippen LogP contribution in [0.3, 0.4) is 0 Å². The Morgan fingerprint density at radius 3 is 2.79 bits per heavy atom. The highest BCUT2D eigenvalue weighted by Gasteiger charge is 2.18. The highest BCUT2D eigenvalue weighted by Crippen LogP contribution is 2.29. The number of fused-ring (bicyclic) bond motifs is 2. The van der Waals surface area contributed by atoms with Gasteiger partial charge in [-0.2, -0.15) is 0 Å². The predicted molar refractivity (Wildman–Crippen MR) is 98.0 cm³/mol. The molecule has 0 bridgehead atoms. The standard InChI is InChI=1S/C19H20N2O2S/c1-23-15-8-7-12-9-13-10-17(24-19(13)21-16(12)11-15)18(22)20-14-5-3-2-4-6-14/h7-11,14H,2-6H2,1H3,(H,20,22). The summed E-state index contributed by atoms with van der Waals surface area (Å²) in [5, 5.41) is 5.26. The second-order valence-corrected chi connectivity index (χ2v) is 7.39. The lowest BCUT2D eigenvalue weighted by atomic mass is 9.95. The summed E-state index contributed by atoms with van der Waals surface area (Å²) in [6.45, 7) is 0. The van der Waals surface area contributed by atoms with Crippen molar-refractivity contribution in [3.63, 3.8) is 0 Å². The van der Waals surface area contributed by atoms with Gasteiger partial charge in [-0.25, -0.2) is 4.98 Å². The number of benzene rings is 1. The first-order chi connectivity index (χ1) is 11.7. The zero-order valence-electron chi connectivity index (χ0n) is 13.7. The van der Waals surface area contributed by atoms with Gasteiger partial charge in [-0.1, -0.05) is 19.3 Å². The van der Waals surface area contributed by atoms with Gasteiger partial charge in [0.25, 0.3) is 5.91 Å². The monoisotopic (exact) mass is 340 g/mol. The number of carbonyl (C=O) groups is 1. The van der Waals surface area contributed by atoms with E-state index in [-0.39, 0.29) is 5.91 Å². The normalized spacial score (nSPS) is 15.7. The van der Waals surface area contributed by atoms with Crippen LogP contribution >= 0.6 is 11.3 Å². The van der Waals surface area contributed by atoms with Crippen molar-refractivity contribution in [1.82, 2.24) is 10.3 Å². The molecule has 24 heavy (non-hydrogen) atoms. The van der Waals surface area contributed by atoms with Crippen LogP contribution in [0.2, 0.25) is 0 Å². The maximum Gasteiger partial charge on any atom is 0.261 e. The zero-order chi connectivity index (χ0) is 16.5. The number of amides is 1. The fourth-order valence-electron chi connectivity index (χ4n) is 3.35. The maximum absolute atomic E-state index is 12.5. The van der Waals surface area contributed by atoms with E-state index in [0.29, 0.717) is 6.04 Å². The number of aromatic nitrogens is 1. The van der Waals surface area contributed by atoms with Crippen molar-refractivity contribution in [3.05, 3.63) is 35.2 Å². The molecule has 0 radical (unpaired) electrons. The summed E-state index contributed by atoms with van der Waals surface area (Å²) in [5.41, 5.74) is 0.892. The number of ether oxygens (including phenoxy) is 1. The molecule has 3 aromatic rings. The topological polar surface area (TPSA) is 51.2 Å². The average molecular weight is 340 g/mol. The minimum atomic E-state index is 0.0338. The van der Waals surface area contributed by atoms with Crippen LogP contribution in [0, 0.1) is 0 Å². The lowest BCUT2D eigenvalue weighted by Gasteiger charge is -2.22. The Labute approximate surface area is 144 Å². The van der Waals surface area contributed by atoms with Crippen LogP contribution in [0.5, 0.6) is 5.75 Å². The molecule has 5 heteroatoms. The van der Waals surface area contributed by atoms with Crippen molar-refractivity contribution in [3.8, 4) is 5.75 Å². The number of carbonyl (C=O) groups excluding carboxylic acids is 1. The molecule has 1 aliphatic rings. The molecule has 1 N–H and O–H groups in total. The lowest BCUT2D eigenvalue weighted by Crippen LogP contribution is -2.35. The number of nitrogens with one attached hydrogen (secondary N) is 1. The number of pyridine rings is 1. The number of hydrogen-bond acceptors (Lipinski definition) is 4. The molecule has 124 valence electrons. The summed E-state index contributed by atoms with van der Waals surface area (Å²) in [4.78, 5) is 18.9. The number of nitrogens with zero attached hydrogens (tertiary/aromatic N) is 1. The van der Waals surface area contributed by atoms with E-state index < -0.39 is 0 Å². The Morgan fingerprint density at radius 2 is 2.00 bits per heavy atom. The molecule has 2 heterocycles. The first kappa shape index (κ1) is 15.4. The lowest BCUT2D eigenvalue weighted by molar-refractivity contribution is 0.0932. The largest absolute Gasteiger partial charge is 0.497 e. The van der Waals surface area contributed by atoms with Crippen molar-refractivity contribution in [2.24, 2.45) is 0 Å². The fraction of sp³-hybridized carbons (Fsp3) is 0.368. The maximum atomic E-state index is 12.5. The van der Waals surface area contributed by atoms with Crippen molar-refractivity contribution < 1.29 is 9.53 Å². The first-order valence-electron chi connectivity index (χ1n) is 8.42. The minimum Gasteiger partial charge on any atom is -0.497 e. The van der Waals surface area contributed by atoms with Crippen LogP contribution < -0.4 is 10.1 Å². The highest BCUT2D eigenvalue weighted by molar-refractivity contribution is 7.20. The highest BCUT2D eigenvalue weighted by atomic mass is 32.1. The van der Waals surface area contributed by atoms with Gasteiger partial charge in [-0.15, -0.1) is 11.3 Å². The quantitative estimate of drug-likeness (QED) is 0.762. The molecule has 2 aromatic heterocycles. The van der Waals surface area contributed by atoms with E-state index in [2.05, 4.69) is 11.4 Å². The molecular formula is C19H20N2O2S. The molecule has 1 aliphatic carbocycles. The van der Waals surface area contributed by atoms with Gasteiger partial charge in [0, 0.05) is 22.9 Å². The molecule has 0 spiro atoms. The van der Waals surface area contributed by atoms with Gasteiger partial charge in [0.2, 0.25) is 0 Å². The third-order valence-corrected chi connectivity index (χ3v) is 5.72. The van der Waals surface area contributed by atoms with E-state index in [1.54, 1.807) is 7.11 Å². The Morgan fingerprint density at radius 1 is 1.17 bits per heavy atom. The number of methoxy groups -OCH3 is 1. The third-order valence-electron chi connectivity index (χ3n) is 4.67. The molecule has 0 atom stereocenters. The van der Waals surface area contributed by atoms with E-state index >= 15 is 0 Å². The summed E-state index contributed by atoms with van der Waals surface area (Å²) < 4.78 is 5.26. The molecule has 0 saturated heterocycles. The van der Waals surface area contributed by atoms with E-state index in [1.807, 2.05) is 24.3 Å². The zero-order valence-corrected chi connectivity index (χ0v) is 14.5. The van der Waals surface area contributed by atoms with Crippen LogP contribution in [0.1, 0.15) is 41.8 Å². The molecule has 4 rings (SSSR count). The van der Waals surface area contributed by atoms with Crippen LogP contribution in [0.4, 0.5) is 0 Å². The summed E-state index contributed by atoms with van der Waals surface area (Å²) in [7, 11) is 1.65. The summed E-state index contributed by atoms with van der Waals surface area (Å²) in [5.74, 6) is 0.827. The van der Waals surface area contributed by atoms with Crippen molar-refractivity contribution >= 4 is 38.4 Å². The van der Waals surface area contributed by atoms with Crippen LogP contribution in [0.25, 0.3) is 21.1 Å². The van der Waals surface area contributed by atoms with Gasteiger partial charge in [0.1, 0.15) is 10.6 Å². The number of rotatable bonds is 3. The summed E-state index contributed by atoms with van der Waals surface area (Å²) >= 11 is 1.46. The number of thiophene rings is 1. The van der Waals surface area contributed by atoms with Gasteiger partial charge < -0.3 is 10.1 Å². The average Bonchev–Trinajstić information content (AvgIpc) is 3.03. The van der Waals surface area contributed by atoms with E-state index in [0.717, 1.165) is 44.6 Å². The van der Waals surface area contributed by atoms with Crippen LogP contribution in [0.15, 0.2) is 30.3 Å². The van der Waals surface area contributed by atoms with E-state index in [9.17, 15) is 4.79 Å². The van der Waals surface area contributed by atoms with Crippen LogP contribution in [-0.4, -0.2) is 24.0 Å². The minimum absolute atomic E-state index is 0.0338. The Hall–Kier alpha value is -2.14. The smallest absolute Gasteiger partial charge is 0.261 e. The fourth-order valence-corrected chi connectivity index (χ4v) is 4.27. The Bertz CT molecular complexity index is 897. The molecule has 4 nitrogen and oxygen atoms in total. The van der Waals surface area contributed by atoms with Crippen molar-refractivity contribution in [1.29, 1.82) is 0 Å². The molecule has 0 aliphatic heterocycles. The summed E-state index contributed by atoms with van der Waals surface area (Å²) in [6.07, 6.45) is 5.91.